The zero-order valence-corrected chi connectivity index (χ0v) is 14.6. The number of hydrogen-bond donors (Lipinski definition) is 2. The minimum Gasteiger partial charge on any atom is -0.484 e. The highest BCUT2D eigenvalue weighted by Gasteiger charge is 2.09. The zero-order valence-electron chi connectivity index (χ0n) is 14.6. The third-order valence-corrected chi connectivity index (χ3v) is 3.89. The quantitative estimate of drug-likeness (QED) is 0.680. The van der Waals surface area contributed by atoms with E-state index in [9.17, 15) is 14.4 Å². The van der Waals surface area contributed by atoms with Crippen LogP contribution < -0.4 is 21.3 Å². The third-order valence-electron chi connectivity index (χ3n) is 3.89. The number of rotatable bonds is 6. The van der Waals surface area contributed by atoms with E-state index in [0.29, 0.717) is 22.3 Å². The molecule has 3 N–H and O–H groups in total. The fourth-order valence-electron chi connectivity index (χ4n) is 2.59. The molecule has 0 saturated carbocycles. The lowest BCUT2D eigenvalue weighted by atomic mass is 10.1. The van der Waals surface area contributed by atoms with Crippen molar-refractivity contribution in [3.05, 3.63) is 64.7 Å². The molecule has 8 nitrogen and oxygen atoms in total. The van der Waals surface area contributed by atoms with Gasteiger partial charge < -0.3 is 15.8 Å². The molecular formula is C19H18N4O4. The van der Waals surface area contributed by atoms with Crippen LogP contribution in [0.3, 0.4) is 0 Å². The molecule has 138 valence electrons. The van der Waals surface area contributed by atoms with Crippen LogP contribution in [0.4, 0.5) is 5.69 Å². The molecule has 1 aromatic heterocycles. The van der Waals surface area contributed by atoms with Gasteiger partial charge in [0.05, 0.1) is 17.2 Å². The summed E-state index contributed by atoms with van der Waals surface area (Å²) in [6.07, 6.45) is 1.37. The molecule has 0 radical (unpaired) electrons. The van der Waals surface area contributed by atoms with Gasteiger partial charge in [0.25, 0.3) is 11.5 Å². The molecule has 0 atom stereocenters. The van der Waals surface area contributed by atoms with Crippen LogP contribution in [0.2, 0.25) is 0 Å². The van der Waals surface area contributed by atoms with E-state index in [1.807, 2.05) is 13.0 Å². The van der Waals surface area contributed by atoms with E-state index in [0.717, 1.165) is 5.56 Å². The van der Waals surface area contributed by atoms with Crippen molar-refractivity contribution >= 4 is 28.4 Å². The number of aromatic nitrogens is 2. The van der Waals surface area contributed by atoms with Gasteiger partial charge in [0.1, 0.15) is 12.3 Å². The predicted molar refractivity (Wildman–Crippen MR) is 101 cm³/mol. The summed E-state index contributed by atoms with van der Waals surface area (Å²) < 4.78 is 6.41. The molecule has 0 aliphatic heterocycles. The number of nitrogens with two attached hydrogens (primary N) is 1. The Morgan fingerprint density at radius 2 is 1.93 bits per heavy atom. The maximum atomic E-state index is 12.5. The van der Waals surface area contributed by atoms with Crippen molar-refractivity contribution in [2.24, 2.45) is 5.73 Å². The largest absolute Gasteiger partial charge is 0.484 e. The van der Waals surface area contributed by atoms with Gasteiger partial charge in [0.15, 0.2) is 6.61 Å². The fourth-order valence-corrected chi connectivity index (χ4v) is 2.59. The lowest BCUT2D eigenvalue weighted by Gasteiger charge is -2.09. The highest BCUT2D eigenvalue weighted by Crippen LogP contribution is 2.16. The van der Waals surface area contributed by atoms with Crippen LogP contribution in [-0.4, -0.2) is 28.0 Å². The molecule has 0 fully saturated rings. The van der Waals surface area contributed by atoms with Crippen molar-refractivity contribution in [1.29, 1.82) is 0 Å². The summed E-state index contributed by atoms with van der Waals surface area (Å²) in [6, 6.07) is 11.8. The molecule has 3 rings (SSSR count). The number of para-hydroxylation sites is 1. The number of nitrogens with zero attached hydrogens (tertiary/aromatic N) is 2. The van der Waals surface area contributed by atoms with Crippen molar-refractivity contribution < 1.29 is 14.3 Å². The van der Waals surface area contributed by atoms with Crippen LogP contribution in [0.15, 0.2) is 53.6 Å². The average Bonchev–Trinajstić information content (AvgIpc) is 2.64. The molecule has 0 bridgehead atoms. The molecule has 1 heterocycles. The second-order valence-electron chi connectivity index (χ2n) is 5.98. The Morgan fingerprint density at radius 1 is 1.19 bits per heavy atom. The van der Waals surface area contributed by atoms with Crippen molar-refractivity contribution in [3.8, 4) is 5.75 Å². The predicted octanol–water partition coefficient (Wildman–Crippen LogP) is 1.21. The van der Waals surface area contributed by atoms with E-state index in [4.69, 9.17) is 10.5 Å². The van der Waals surface area contributed by atoms with Crippen LogP contribution in [0.1, 0.15) is 5.56 Å². The normalized spacial score (nSPS) is 10.6. The van der Waals surface area contributed by atoms with Gasteiger partial charge in [-0.2, -0.15) is 0 Å². The van der Waals surface area contributed by atoms with E-state index in [1.165, 1.54) is 10.9 Å². The van der Waals surface area contributed by atoms with Crippen molar-refractivity contribution in [1.82, 2.24) is 9.55 Å². The van der Waals surface area contributed by atoms with Gasteiger partial charge in [-0.05, 0) is 42.8 Å². The lowest BCUT2D eigenvalue weighted by Crippen LogP contribution is -2.28. The average molecular weight is 366 g/mol. The van der Waals surface area contributed by atoms with Crippen molar-refractivity contribution in [2.75, 3.05) is 11.9 Å². The van der Waals surface area contributed by atoms with E-state index in [2.05, 4.69) is 10.3 Å². The number of nitrogens with one attached hydrogen (secondary N) is 1. The van der Waals surface area contributed by atoms with Gasteiger partial charge in [-0.25, -0.2) is 4.98 Å². The molecule has 0 unspecified atom stereocenters. The van der Waals surface area contributed by atoms with Crippen LogP contribution in [0.25, 0.3) is 10.9 Å². The second-order valence-corrected chi connectivity index (χ2v) is 5.98. The Hall–Kier alpha value is -3.68. The molecule has 0 aliphatic carbocycles. The third kappa shape index (κ3) is 4.30. The molecule has 27 heavy (non-hydrogen) atoms. The van der Waals surface area contributed by atoms with Crippen LogP contribution in [-0.2, 0) is 16.1 Å². The molecule has 8 heteroatoms. The van der Waals surface area contributed by atoms with E-state index < -0.39 is 5.91 Å². The number of amides is 2. The van der Waals surface area contributed by atoms with Gasteiger partial charge in [-0.15, -0.1) is 0 Å². The number of carbonyl (C=O) groups is 2. The number of hydrogen-bond acceptors (Lipinski definition) is 5. The summed E-state index contributed by atoms with van der Waals surface area (Å²) >= 11 is 0. The zero-order chi connectivity index (χ0) is 19.4. The van der Waals surface area contributed by atoms with Gasteiger partial charge in [0, 0.05) is 5.69 Å². The molecule has 2 amide bonds. The number of ether oxygens (including phenoxy) is 1. The maximum absolute atomic E-state index is 12.5. The van der Waals surface area contributed by atoms with Gasteiger partial charge in [0.2, 0.25) is 5.91 Å². The van der Waals surface area contributed by atoms with Crippen molar-refractivity contribution in [3.63, 3.8) is 0 Å². The lowest BCUT2D eigenvalue weighted by molar-refractivity contribution is -0.120. The Balaban J connectivity index is 1.69. The van der Waals surface area contributed by atoms with E-state index in [1.54, 1.807) is 36.4 Å². The summed E-state index contributed by atoms with van der Waals surface area (Å²) in [6.45, 7) is 1.50. The molecule has 2 aromatic carbocycles. The minimum atomic E-state index is -0.572. The molecular weight excluding hydrogens is 348 g/mol. The first-order valence-corrected chi connectivity index (χ1v) is 8.20. The summed E-state index contributed by atoms with van der Waals surface area (Å²) in [4.78, 5) is 39.7. The maximum Gasteiger partial charge on any atom is 0.261 e. The first-order chi connectivity index (χ1) is 12.9. The number of carbonyl (C=O) groups excluding carboxylic acids is 2. The van der Waals surface area contributed by atoms with E-state index >= 15 is 0 Å². The fraction of sp³-hybridized carbons (Fsp3) is 0.158. The minimum absolute atomic E-state index is 0.157. The van der Waals surface area contributed by atoms with Gasteiger partial charge in [-0.1, -0.05) is 12.1 Å². The number of benzene rings is 2. The number of primary amides is 1. The first-order valence-electron chi connectivity index (χ1n) is 8.20. The van der Waals surface area contributed by atoms with Gasteiger partial charge >= 0.3 is 0 Å². The smallest absolute Gasteiger partial charge is 0.261 e. The molecule has 0 saturated heterocycles. The van der Waals surface area contributed by atoms with Crippen LogP contribution in [0, 0.1) is 6.92 Å². The second kappa shape index (κ2) is 7.69. The SMILES string of the molecule is Cc1cccc2c(=O)n(CC(=O)Nc3ccc(OCC(N)=O)cc3)cnc12. The van der Waals surface area contributed by atoms with E-state index in [-0.39, 0.29) is 24.6 Å². The Morgan fingerprint density at radius 3 is 2.63 bits per heavy atom. The topological polar surface area (TPSA) is 116 Å². The van der Waals surface area contributed by atoms with Gasteiger partial charge in [-0.3, -0.25) is 19.0 Å². The highest BCUT2D eigenvalue weighted by molar-refractivity contribution is 5.91. The summed E-state index contributed by atoms with van der Waals surface area (Å²) in [7, 11) is 0. The number of anilines is 1. The summed E-state index contributed by atoms with van der Waals surface area (Å²) in [5.74, 6) is -0.481. The Kier molecular flexibility index (Phi) is 5.16. The number of fused-ring (bicyclic) bond motifs is 1. The Bertz CT molecular complexity index is 1060. The summed E-state index contributed by atoms with van der Waals surface area (Å²) in [5.41, 5.74) is 6.81. The number of aryl methyl sites for hydroxylation is 1. The molecule has 0 aliphatic rings. The van der Waals surface area contributed by atoms with Crippen LogP contribution in [0.5, 0.6) is 5.75 Å². The molecule has 3 aromatic rings. The molecule has 0 spiro atoms. The first kappa shape index (κ1) is 18.1. The van der Waals surface area contributed by atoms with Crippen molar-refractivity contribution in [2.45, 2.75) is 13.5 Å². The highest BCUT2D eigenvalue weighted by atomic mass is 16.5. The van der Waals surface area contributed by atoms with Crippen LogP contribution >= 0.6 is 0 Å². The monoisotopic (exact) mass is 366 g/mol. The Labute approximate surface area is 154 Å². The summed E-state index contributed by atoms with van der Waals surface area (Å²) in [5, 5.41) is 3.17. The standard InChI is InChI=1S/C19H18N4O4/c1-12-3-2-4-15-18(12)21-11-23(19(15)26)9-17(25)22-13-5-7-14(8-6-13)27-10-16(20)24/h2-8,11H,9-10H2,1H3,(H2,20,24)(H,22,25).